The van der Waals surface area contributed by atoms with Crippen molar-refractivity contribution in [3.8, 4) is 6.07 Å². The average Bonchev–Trinajstić information content (AvgIpc) is 2.49. The molecule has 116 valence electrons. The van der Waals surface area contributed by atoms with Gasteiger partial charge in [-0.2, -0.15) is 5.26 Å². The van der Waals surface area contributed by atoms with Crippen LogP contribution in [-0.2, 0) is 11.3 Å². The molecule has 0 radical (unpaired) electrons. The average molecular weight is 304 g/mol. The van der Waals surface area contributed by atoms with Crippen molar-refractivity contribution in [2.75, 3.05) is 13.1 Å². The van der Waals surface area contributed by atoms with Crippen LogP contribution in [-0.4, -0.2) is 33.4 Å². The van der Waals surface area contributed by atoms with Crippen molar-refractivity contribution in [1.82, 2.24) is 9.47 Å². The van der Waals surface area contributed by atoms with Crippen LogP contribution in [0.5, 0.6) is 0 Å². The van der Waals surface area contributed by atoms with Crippen molar-refractivity contribution in [2.24, 2.45) is 5.92 Å². The summed E-state index contributed by atoms with van der Waals surface area (Å²) in [5.41, 5.74) is -1.41. The van der Waals surface area contributed by atoms with Crippen LogP contribution in [0.4, 0.5) is 5.69 Å². The third-order valence-corrected chi connectivity index (χ3v) is 3.84. The van der Waals surface area contributed by atoms with Crippen LogP contribution in [0.2, 0.25) is 0 Å². The molecule has 0 aromatic carbocycles. The number of carbonyl (C=O) groups excluding carboxylic acids is 1. The van der Waals surface area contributed by atoms with E-state index in [2.05, 4.69) is 6.92 Å². The Balaban J connectivity index is 2.23. The van der Waals surface area contributed by atoms with Crippen LogP contribution in [0.25, 0.3) is 0 Å². The summed E-state index contributed by atoms with van der Waals surface area (Å²) in [6.07, 6.45) is 2.81. The van der Waals surface area contributed by atoms with E-state index in [0.29, 0.717) is 19.0 Å². The molecule has 0 unspecified atom stereocenters. The molecule has 1 saturated heterocycles. The molecule has 1 amide bonds. The van der Waals surface area contributed by atoms with Crippen molar-refractivity contribution in [3.05, 3.63) is 38.3 Å². The molecule has 0 saturated carbocycles. The Bertz CT molecular complexity index is 696. The number of likely N-dealkylation sites (tertiary alicyclic amines) is 1. The minimum atomic E-state index is -0.691. The zero-order valence-electron chi connectivity index (χ0n) is 12.2. The Morgan fingerprint density at radius 2 is 2.14 bits per heavy atom. The van der Waals surface area contributed by atoms with Crippen molar-refractivity contribution in [1.29, 1.82) is 5.26 Å². The first kappa shape index (κ1) is 15.7. The van der Waals surface area contributed by atoms with Gasteiger partial charge in [0.15, 0.2) is 0 Å². The normalized spacial score (nSPS) is 15.4. The standard InChI is InChI=1S/C14H16N4O4/c1-10-2-4-16(5-3-10)13(19)9-17-8-12(18(21)22)6-11(7-15)14(17)20/h6,8,10H,2-5,9H2,1H3. The van der Waals surface area contributed by atoms with Gasteiger partial charge in [0, 0.05) is 19.2 Å². The van der Waals surface area contributed by atoms with Gasteiger partial charge < -0.3 is 4.90 Å². The van der Waals surface area contributed by atoms with E-state index in [0.717, 1.165) is 29.7 Å². The smallest absolute Gasteiger partial charge is 0.287 e. The van der Waals surface area contributed by atoms with Crippen LogP contribution in [0, 0.1) is 27.4 Å². The van der Waals surface area contributed by atoms with Gasteiger partial charge in [-0.15, -0.1) is 0 Å². The van der Waals surface area contributed by atoms with Gasteiger partial charge in [-0.25, -0.2) is 0 Å². The number of nitro groups is 1. The highest BCUT2D eigenvalue weighted by Crippen LogP contribution is 2.16. The molecule has 22 heavy (non-hydrogen) atoms. The SMILES string of the molecule is CC1CCN(C(=O)Cn2cc([N+](=O)[O-])cc(C#N)c2=O)CC1. The summed E-state index contributed by atoms with van der Waals surface area (Å²) >= 11 is 0. The summed E-state index contributed by atoms with van der Waals surface area (Å²) in [7, 11) is 0. The predicted octanol–water partition coefficient (Wildman–Crippen LogP) is 0.887. The predicted molar refractivity (Wildman–Crippen MR) is 77.0 cm³/mol. The van der Waals surface area contributed by atoms with E-state index in [9.17, 15) is 19.7 Å². The van der Waals surface area contributed by atoms with Crippen molar-refractivity contribution in [2.45, 2.75) is 26.3 Å². The third-order valence-electron chi connectivity index (χ3n) is 3.84. The molecule has 0 atom stereocenters. The molecule has 0 bridgehead atoms. The highest BCUT2D eigenvalue weighted by molar-refractivity contribution is 5.76. The van der Waals surface area contributed by atoms with E-state index in [1.165, 1.54) is 0 Å². The first-order valence-electron chi connectivity index (χ1n) is 6.99. The van der Waals surface area contributed by atoms with Crippen molar-refractivity contribution >= 4 is 11.6 Å². The van der Waals surface area contributed by atoms with Crippen LogP contribution < -0.4 is 5.56 Å². The Labute approximate surface area is 126 Å². The molecule has 0 N–H and O–H groups in total. The van der Waals surface area contributed by atoms with E-state index in [4.69, 9.17) is 5.26 Å². The summed E-state index contributed by atoms with van der Waals surface area (Å²) in [5.74, 6) is 0.299. The highest BCUT2D eigenvalue weighted by atomic mass is 16.6. The van der Waals surface area contributed by atoms with Crippen LogP contribution in [0.1, 0.15) is 25.3 Å². The van der Waals surface area contributed by atoms with Crippen molar-refractivity contribution < 1.29 is 9.72 Å². The van der Waals surface area contributed by atoms with E-state index < -0.39 is 10.5 Å². The summed E-state index contributed by atoms with van der Waals surface area (Å²) < 4.78 is 0.942. The number of rotatable bonds is 3. The Hall–Kier alpha value is -2.69. The van der Waals surface area contributed by atoms with Gasteiger partial charge in [-0.1, -0.05) is 6.92 Å². The molecular weight excluding hydrogens is 288 g/mol. The van der Waals surface area contributed by atoms with E-state index in [1.54, 1.807) is 11.0 Å². The molecule has 1 aromatic heterocycles. The van der Waals surface area contributed by atoms with Gasteiger partial charge in [0.25, 0.3) is 11.2 Å². The second-order valence-electron chi connectivity index (χ2n) is 5.48. The number of piperidine rings is 1. The van der Waals surface area contributed by atoms with Gasteiger partial charge in [-0.05, 0) is 18.8 Å². The number of pyridine rings is 1. The fourth-order valence-electron chi connectivity index (χ4n) is 2.42. The summed E-state index contributed by atoms with van der Waals surface area (Å²) in [4.78, 5) is 36.0. The van der Waals surface area contributed by atoms with Gasteiger partial charge in [0.2, 0.25) is 5.91 Å². The minimum Gasteiger partial charge on any atom is -0.341 e. The quantitative estimate of drug-likeness (QED) is 0.608. The maximum Gasteiger partial charge on any atom is 0.287 e. The highest BCUT2D eigenvalue weighted by Gasteiger charge is 2.22. The number of nitrogens with zero attached hydrogens (tertiary/aromatic N) is 4. The zero-order chi connectivity index (χ0) is 16.3. The minimum absolute atomic E-state index is 0.265. The Morgan fingerprint density at radius 1 is 1.50 bits per heavy atom. The molecule has 1 aliphatic heterocycles. The molecule has 0 aliphatic carbocycles. The third kappa shape index (κ3) is 3.31. The van der Waals surface area contributed by atoms with Crippen LogP contribution >= 0.6 is 0 Å². The van der Waals surface area contributed by atoms with Gasteiger partial charge in [0.1, 0.15) is 18.2 Å². The number of nitriles is 1. The second kappa shape index (κ2) is 6.39. The monoisotopic (exact) mass is 304 g/mol. The largest absolute Gasteiger partial charge is 0.341 e. The summed E-state index contributed by atoms with van der Waals surface area (Å²) in [5, 5.41) is 19.7. The van der Waals surface area contributed by atoms with Crippen molar-refractivity contribution in [3.63, 3.8) is 0 Å². The fraction of sp³-hybridized carbons (Fsp3) is 0.500. The van der Waals surface area contributed by atoms with E-state index in [1.807, 2.05) is 0 Å². The molecule has 2 rings (SSSR count). The fourth-order valence-corrected chi connectivity index (χ4v) is 2.42. The Morgan fingerprint density at radius 3 is 2.68 bits per heavy atom. The molecular formula is C14H16N4O4. The van der Waals surface area contributed by atoms with Gasteiger partial charge >= 0.3 is 0 Å². The molecule has 1 aliphatic rings. The molecule has 2 heterocycles. The lowest BCUT2D eigenvalue weighted by Crippen LogP contribution is -2.41. The van der Waals surface area contributed by atoms with Gasteiger partial charge in [-0.3, -0.25) is 24.3 Å². The van der Waals surface area contributed by atoms with Crippen LogP contribution in [0.3, 0.4) is 0 Å². The molecule has 1 aromatic rings. The lowest BCUT2D eigenvalue weighted by molar-refractivity contribution is -0.385. The number of amides is 1. The van der Waals surface area contributed by atoms with E-state index in [-0.39, 0.29) is 23.7 Å². The number of hydrogen-bond acceptors (Lipinski definition) is 5. The summed E-state index contributed by atoms with van der Waals surface area (Å²) in [6.45, 7) is 3.07. The molecule has 1 fully saturated rings. The molecule has 0 spiro atoms. The van der Waals surface area contributed by atoms with Crippen LogP contribution in [0.15, 0.2) is 17.1 Å². The van der Waals surface area contributed by atoms with Gasteiger partial charge in [0.05, 0.1) is 11.1 Å². The first-order chi connectivity index (χ1) is 10.4. The topological polar surface area (TPSA) is 109 Å². The number of carbonyl (C=O) groups is 1. The maximum atomic E-state index is 12.2. The zero-order valence-corrected chi connectivity index (χ0v) is 12.2. The first-order valence-corrected chi connectivity index (χ1v) is 6.99. The summed E-state index contributed by atoms with van der Waals surface area (Å²) in [6, 6.07) is 2.55. The second-order valence-corrected chi connectivity index (χ2v) is 5.48. The van der Waals surface area contributed by atoms with E-state index >= 15 is 0 Å². The molecule has 8 nitrogen and oxygen atoms in total. The Kier molecular flexibility index (Phi) is 4.56. The lowest BCUT2D eigenvalue weighted by Gasteiger charge is -2.30. The lowest BCUT2D eigenvalue weighted by atomic mass is 9.99. The number of aromatic nitrogens is 1. The number of hydrogen-bond donors (Lipinski definition) is 0. The maximum absolute atomic E-state index is 12.2. The molecule has 8 heteroatoms.